The molecule has 132 valence electrons. The van der Waals surface area contributed by atoms with E-state index in [4.69, 9.17) is 0 Å². The largest absolute Gasteiger partial charge is 0.354 e. The van der Waals surface area contributed by atoms with Gasteiger partial charge in [0.15, 0.2) is 0 Å². The van der Waals surface area contributed by atoms with Crippen molar-refractivity contribution in [3.63, 3.8) is 0 Å². The molecule has 0 aromatic carbocycles. The Morgan fingerprint density at radius 3 is 2.88 bits per heavy atom. The van der Waals surface area contributed by atoms with E-state index in [1.807, 2.05) is 20.2 Å². The van der Waals surface area contributed by atoms with E-state index >= 15 is 0 Å². The monoisotopic (exact) mass is 375 g/mol. The number of carbonyl (C=O) groups is 1. The number of hydrogen-bond donors (Lipinski definition) is 2. The van der Waals surface area contributed by atoms with Crippen molar-refractivity contribution in [1.82, 2.24) is 25.4 Å². The molecule has 0 saturated heterocycles. The molecule has 3 heterocycles. The molecular weight excluding hydrogens is 354 g/mol. The first-order chi connectivity index (χ1) is 12.1. The van der Waals surface area contributed by atoms with Crippen LogP contribution < -0.4 is 10.6 Å². The molecule has 0 aliphatic carbocycles. The molecule has 0 aliphatic rings. The van der Waals surface area contributed by atoms with Gasteiger partial charge < -0.3 is 10.6 Å². The molecule has 2 N–H and O–H groups in total. The minimum atomic E-state index is -0.384. The molecule has 25 heavy (non-hydrogen) atoms. The molecule has 1 atom stereocenters. The van der Waals surface area contributed by atoms with E-state index in [2.05, 4.69) is 38.2 Å². The summed E-state index contributed by atoms with van der Waals surface area (Å²) >= 11 is 3.39. The highest BCUT2D eigenvalue weighted by atomic mass is 32.1. The Kier molecular flexibility index (Phi) is 5.62. The fourth-order valence-corrected chi connectivity index (χ4v) is 4.23. The maximum absolute atomic E-state index is 12.4. The lowest BCUT2D eigenvalue weighted by Crippen LogP contribution is -2.36. The fourth-order valence-electron chi connectivity index (χ4n) is 2.58. The summed E-state index contributed by atoms with van der Waals surface area (Å²) in [7, 11) is 3.62. The number of carbonyl (C=O) groups excluding carboxylic acids is 1. The Labute approximate surface area is 154 Å². The van der Waals surface area contributed by atoms with Gasteiger partial charge in [0.25, 0.3) is 0 Å². The predicted octanol–water partition coefficient (Wildman–Crippen LogP) is 2.53. The molecule has 8 heteroatoms. The van der Waals surface area contributed by atoms with E-state index in [0.29, 0.717) is 6.54 Å². The number of thiazole rings is 1. The molecule has 1 unspecified atom stereocenters. The smallest absolute Gasteiger partial charge is 0.241 e. The second-order valence-electron chi connectivity index (χ2n) is 5.73. The maximum Gasteiger partial charge on any atom is 0.241 e. The number of aryl methyl sites for hydroxylation is 2. The van der Waals surface area contributed by atoms with Gasteiger partial charge in [-0.25, -0.2) is 4.98 Å². The quantitative estimate of drug-likeness (QED) is 0.666. The first-order valence-corrected chi connectivity index (χ1v) is 9.71. The van der Waals surface area contributed by atoms with E-state index in [-0.39, 0.29) is 11.9 Å². The van der Waals surface area contributed by atoms with Crippen molar-refractivity contribution in [1.29, 1.82) is 0 Å². The van der Waals surface area contributed by atoms with Gasteiger partial charge in [0.2, 0.25) is 5.91 Å². The van der Waals surface area contributed by atoms with Crippen LogP contribution in [0.25, 0.3) is 10.6 Å². The number of hydrogen-bond acceptors (Lipinski definition) is 6. The lowest BCUT2D eigenvalue weighted by Gasteiger charge is -2.14. The Morgan fingerprint density at radius 2 is 2.24 bits per heavy atom. The third-order valence-electron chi connectivity index (χ3n) is 3.81. The molecule has 0 spiro atoms. The summed E-state index contributed by atoms with van der Waals surface area (Å²) in [5.74, 6) is -0.0394. The van der Waals surface area contributed by atoms with E-state index < -0.39 is 0 Å². The summed E-state index contributed by atoms with van der Waals surface area (Å²) in [5.41, 5.74) is 1.90. The van der Waals surface area contributed by atoms with Gasteiger partial charge in [0.05, 0.1) is 21.8 Å². The summed E-state index contributed by atoms with van der Waals surface area (Å²) in [6.07, 6.45) is 4.37. The van der Waals surface area contributed by atoms with Gasteiger partial charge in [-0.2, -0.15) is 5.10 Å². The van der Waals surface area contributed by atoms with Gasteiger partial charge in [-0.05, 0) is 32.5 Å². The molecule has 3 rings (SSSR count). The number of nitrogens with zero attached hydrogens (tertiary/aromatic N) is 3. The normalized spacial score (nSPS) is 12.3. The molecule has 6 nitrogen and oxygen atoms in total. The van der Waals surface area contributed by atoms with E-state index in [1.165, 1.54) is 9.75 Å². The predicted molar refractivity (Wildman–Crippen MR) is 102 cm³/mol. The Bertz CT molecular complexity index is 851. The van der Waals surface area contributed by atoms with Crippen molar-refractivity contribution in [2.45, 2.75) is 19.4 Å². The molecule has 0 saturated carbocycles. The minimum absolute atomic E-state index is 0.0394. The summed E-state index contributed by atoms with van der Waals surface area (Å²) in [4.78, 5) is 19.3. The highest BCUT2D eigenvalue weighted by Crippen LogP contribution is 2.29. The number of thiophene rings is 1. The van der Waals surface area contributed by atoms with E-state index in [0.717, 1.165) is 22.7 Å². The second-order valence-corrected chi connectivity index (χ2v) is 7.96. The van der Waals surface area contributed by atoms with Gasteiger partial charge in [0, 0.05) is 35.6 Å². The molecule has 3 aromatic rings. The van der Waals surface area contributed by atoms with E-state index in [9.17, 15) is 4.79 Å². The Morgan fingerprint density at radius 1 is 1.40 bits per heavy atom. The van der Waals surface area contributed by atoms with Crippen LogP contribution in [0, 0.1) is 6.92 Å². The third-order valence-corrected chi connectivity index (χ3v) is 5.75. The van der Waals surface area contributed by atoms with Crippen LogP contribution >= 0.6 is 22.7 Å². The van der Waals surface area contributed by atoms with Gasteiger partial charge in [-0.3, -0.25) is 9.48 Å². The standard InChI is InChI=1S/C17H21N5OS2/c1-11-21-14(10-24-11)15-5-4-13(25-15)6-7-19-17(23)16(18-2)12-8-20-22(3)9-12/h4-5,8-10,16,18H,6-7H2,1-3H3,(H,19,23). The average Bonchev–Trinajstić information content (AvgIpc) is 3.30. The van der Waals surface area contributed by atoms with Crippen molar-refractivity contribution < 1.29 is 4.79 Å². The second kappa shape index (κ2) is 7.90. The highest BCUT2D eigenvalue weighted by Gasteiger charge is 2.19. The fraction of sp³-hybridized carbons (Fsp3) is 0.353. The zero-order valence-corrected chi connectivity index (χ0v) is 16.1. The van der Waals surface area contributed by atoms with Gasteiger partial charge in [0.1, 0.15) is 6.04 Å². The zero-order chi connectivity index (χ0) is 17.8. The molecule has 1 amide bonds. The van der Waals surface area contributed by atoms with Crippen LogP contribution in [-0.4, -0.2) is 34.3 Å². The van der Waals surface area contributed by atoms with Crippen LogP contribution in [0.2, 0.25) is 0 Å². The zero-order valence-electron chi connectivity index (χ0n) is 14.4. The van der Waals surface area contributed by atoms with Crippen LogP contribution in [0.4, 0.5) is 0 Å². The SMILES string of the molecule is CNC(C(=O)NCCc1ccc(-c2csc(C)n2)s1)c1cnn(C)c1. The number of rotatable bonds is 7. The van der Waals surface area contributed by atoms with Crippen LogP contribution in [0.15, 0.2) is 29.9 Å². The molecule has 0 fully saturated rings. The maximum atomic E-state index is 12.4. The van der Waals surface area contributed by atoms with Crippen molar-refractivity contribution in [2.75, 3.05) is 13.6 Å². The summed E-state index contributed by atoms with van der Waals surface area (Å²) < 4.78 is 1.69. The number of amides is 1. The Balaban J connectivity index is 1.54. The van der Waals surface area contributed by atoms with Crippen molar-refractivity contribution in [3.8, 4) is 10.6 Å². The Hall–Kier alpha value is -2.03. The lowest BCUT2D eigenvalue weighted by atomic mass is 10.1. The first kappa shape index (κ1) is 17.8. The summed E-state index contributed by atoms with van der Waals surface area (Å²) in [5, 5.41) is 13.3. The average molecular weight is 376 g/mol. The molecule has 0 bridgehead atoms. The lowest BCUT2D eigenvalue weighted by molar-refractivity contribution is -0.123. The van der Waals surface area contributed by atoms with Crippen LogP contribution in [0.5, 0.6) is 0 Å². The topological polar surface area (TPSA) is 71.8 Å². The summed E-state index contributed by atoms with van der Waals surface area (Å²) in [6.45, 7) is 2.62. The van der Waals surface area contributed by atoms with Gasteiger partial charge in [-0.1, -0.05) is 0 Å². The number of aromatic nitrogens is 3. The number of likely N-dealkylation sites (N-methyl/N-ethyl adjacent to an activating group) is 1. The first-order valence-electron chi connectivity index (χ1n) is 8.01. The van der Waals surface area contributed by atoms with Crippen molar-refractivity contribution >= 4 is 28.6 Å². The third kappa shape index (κ3) is 4.33. The van der Waals surface area contributed by atoms with Crippen molar-refractivity contribution in [3.05, 3.63) is 45.4 Å². The van der Waals surface area contributed by atoms with Crippen LogP contribution in [0.1, 0.15) is 21.5 Å². The molecular formula is C17H21N5OS2. The van der Waals surface area contributed by atoms with Gasteiger partial charge >= 0.3 is 0 Å². The highest BCUT2D eigenvalue weighted by molar-refractivity contribution is 7.16. The van der Waals surface area contributed by atoms with Crippen LogP contribution in [0.3, 0.4) is 0 Å². The molecule has 3 aromatic heterocycles. The van der Waals surface area contributed by atoms with Crippen LogP contribution in [-0.2, 0) is 18.3 Å². The minimum Gasteiger partial charge on any atom is -0.354 e. The molecule has 0 radical (unpaired) electrons. The summed E-state index contributed by atoms with van der Waals surface area (Å²) in [6, 6.07) is 3.82. The molecule has 0 aliphatic heterocycles. The number of nitrogens with one attached hydrogen (secondary N) is 2. The van der Waals surface area contributed by atoms with E-state index in [1.54, 1.807) is 40.6 Å². The van der Waals surface area contributed by atoms with Gasteiger partial charge in [-0.15, -0.1) is 22.7 Å². The van der Waals surface area contributed by atoms with Crippen molar-refractivity contribution in [2.24, 2.45) is 7.05 Å².